The number of hydrogen-bond acceptors (Lipinski definition) is 3. The Morgan fingerprint density at radius 1 is 1.20 bits per heavy atom. The smallest absolute Gasteiger partial charge is 0.226 e. The molecule has 1 aromatic carbocycles. The number of sulfonamides is 1. The predicted octanol–water partition coefficient (Wildman–Crippen LogP) is 2.55. The minimum Gasteiger partial charge on any atom is -0.335 e. The summed E-state index contributed by atoms with van der Waals surface area (Å²) in [7, 11) is -3.18. The number of benzene rings is 1. The van der Waals surface area contributed by atoms with Crippen molar-refractivity contribution in [3.63, 3.8) is 0 Å². The zero-order chi connectivity index (χ0) is 18.0. The van der Waals surface area contributed by atoms with E-state index in [1.165, 1.54) is 16.4 Å². The van der Waals surface area contributed by atoms with Crippen LogP contribution < -0.4 is 0 Å². The second kappa shape index (κ2) is 7.41. The quantitative estimate of drug-likeness (QED) is 0.821. The summed E-state index contributed by atoms with van der Waals surface area (Å²) >= 11 is 0. The zero-order valence-electron chi connectivity index (χ0n) is 14.5. The van der Waals surface area contributed by atoms with Gasteiger partial charge in [-0.3, -0.25) is 4.79 Å². The number of piperidine rings is 1. The standard InChI is InChI=1S/C18H25FN2O3S/c1-2-25(23,24)20-11-8-14(9-12-20)18(22)21-10-4-7-17(21)15-5-3-6-16(19)13-15/h3,5-6,13-14,17H,2,4,7-12H2,1H3. The van der Waals surface area contributed by atoms with E-state index in [2.05, 4.69) is 0 Å². The minimum absolute atomic E-state index is 0.0689. The van der Waals surface area contributed by atoms with Gasteiger partial charge in [-0.15, -0.1) is 0 Å². The van der Waals surface area contributed by atoms with Gasteiger partial charge in [0.1, 0.15) is 5.82 Å². The SMILES string of the molecule is CCS(=O)(=O)N1CCC(C(=O)N2CCCC2c2cccc(F)c2)CC1. The lowest BCUT2D eigenvalue weighted by Crippen LogP contribution is -2.44. The Morgan fingerprint density at radius 3 is 2.56 bits per heavy atom. The molecule has 0 radical (unpaired) electrons. The summed E-state index contributed by atoms with van der Waals surface area (Å²) in [5.74, 6) is -0.244. The summed E-state index contributed by atoms with van der Waals surface area (Å²) in [5, 5.41) is 0. The van der Waals surface area contributed by atoms with Crippen LogP contribution in [0.5, 0.6) is 0 Å². The van der Waals surface area contributed by atoms with Gasteiger partial charge in [0, 0.05) is 25.6 Å². The van der Waals surface area contributed by atoms with Crippen molar-refractivity contribution in [3.8, 4) is 0 Å². The summed E-state index contributed by atoms with van der Waals surface area (Å²) in [4.78, 5) is 14.8. The predicted molar refractivity (Wildman–Crippen MR) is 93.8 cm³/mol. The highest BCUT2D eigenvalue weighted by Crippen LogP contribution is 2.35. The summed E-state index contributed by atoms with van der Waals surface area (Å²) in [5.41, 5.74) is 0.844. The first-order valence-corrected chi connectivity index (χ1v) is 10.6. The van der Waals surface area contributed by atoms with Crippen LogP contribution in [0.15, 0.2) is 24.3 Å². The Kier molecular flexibility index (Phi) is 5.43. The molecule has 0 saturated carbocycles. The van der Waals surface area contributed by atoms with E-state index in [1.54, 1.807) is 13.0 Å². The van der Waals surface area contributed by atoms with Crippen LogP contribution in [0.25, 0.3) is 0 Å². The molecule has 0 spiro atoms. The van der Waals surface area contributed by atoms with Crippen molar-refractivity contribution in [2.75, 3.05) is 25.4 Å². The average Bonchev–Trinajstić information content (AvgIpc) is 3.11. The van der Waals surface area contributed by atoms with Crippen molar-refractivity contribution in [3.05, 3.63) is 35.6 Å². The molecule has 1 amide bonds. The topological polar surface area (TPSA) is 57.7 Å². The van der Waals surface area contributed by atoms with Gasteiger partial charge in [-0.05, 0) is 50.3 Å². The number of rotatable bonds is 4. The lowest BCUT2D eigenvalue weighted by atomic mass is 9.95. The molecule has 2 aliphatic rings. The maximum atomic E-state index is 13.5. The molecule has 2 heterocycles. The van der Waals surface area contributed by atoms with Gasteiger partial charge in [0.15, 0.2) is 0 Å². The zero-order valence-corrected chi connectivity index (χ0v) is 15.3. The van der Waals surface area contributed by atoms with Crippen LogP contribution in [0.2, 0.25) is 0 Å². The number of halogens is 1. The molecular formula is C18H25FN2O3S. The molecule has 7 heteroatoms. The maximum absolute atomic E-state index is 13.5. The number of amides is 1. The van der Waals surface area contributed by atoms with Crippen LogP contribution in [-0.4, -0.2) is 48.9 Å². The lowest BCUT2D eigenvalue weighted by molar-refractivity contribution is -0.137. The molecule has 1 unspecified atom stereocenters. The summed E-state index contributed by atoms with van der Waals surface area (Å²) in [6.45, 7) is 3.14. The van der Waals surface area contributed by atoms with E-state index in [-0.39, 0.29) is 29.4 Å². The molecule has 3 rings (SSSR count). The Bertz CT molecular complexity index is 730. The molecule has 2 saturated heterocycles. The highest BCUT2D eigenvalue weighted by Gasteiger charge is 2.37. The van der Waals surface area contributed by atoms with Crippen molar-refractivity contribution in [1.29, 1.82) is 0 Å². The van der Waals surface area contributed by atoms with E-state index < -0.39 is 10.0 Å². The fourth-order valence-electron chi connectivity index (χ4n) is 3.89. The van der Waals surface area contributed by atoms with Crippen molar-refractivity contribution in [1.82, 2.24) is 9.21 Å². The molecule has 5 nitrogen and oxygen atoms in total. The molecule has 0 bridgehead atoms. The lowest BCUT2D eigenvalue weighted by Gasteiger charge is -2.34. The third-order valence-corrected chi connectivity index (χ3v) is 7.21. The van der Waals surface area contributed by atoms with Crippen LogP contribution >= 0.6 is 0 Å². The average molecular weight is 368 g/mol. The normalized spacial score (nSPS) is 23.1. The van der Waals surface area contributed by atoms with Gasteiger partial charge >= 0.3 is 0 Å². The summed E-state index contributed by atoms with van der Waals surface area (Å²) in [6, 6.07) is 6.40. The van der Waals surface area contributed by atoms with Crippen molar-refractivity contribution in [2.45, 2.75) is 38.6 Å². The van der Waals surface area contributed by atoms with Crippen LogP contribution in [0.1, 0.15) is 44.2 Å². The molecule has 25 heavy (non-hydrogen) atoms. The largest absolute Gasteiger partial charge is 0.335 e. The Morgan fingerprint density at radius 2 is 1.92 bits per heavy atom. The molecule has 0 N–H and O–H groups in total. The van der Waals surface area contributed by atoms with Crippen LogP contribution in [-0.2, 0) is 14.8 Å². The van der Waals surface area contributed by atoms with Gasteiger partial charge in [-0.1, -0.05) is 12.1 Å². The number of carbonyl (C=O) groups excluding carboxylic acids is 1. The van der Waals surface area contributed by atoms with Crippen molar-refractivity contribution >= 4 is 15.9 Å². The monoisotopic (exact) mass is 368 g/mol. The van der Waals surface area contributed by atoms with Gasteiger partial charge in [-0.25, -0.2) is 17.1 Å². The summed E-state index contributed by atoms with van der Waals surface area (Å²) in [6.07, 6.45) is 2.88. The number of likely N-dealkylation sites (tertiary alicyclic amines) is 1. The van der Waals surface area contributed by atoms with Gasteiger partial charge in [-0.2, -0.15) is 0 Å². The second-order valence-electron chi connectivity index (χ2n) is 6.82. The van der Waals surface area contributed by atoms with Crippen molar-refractivity contribution in [2.24, 2.45) is 5.92 Å². The first-order valence-electron chi connectivity index (χ1n) is 8.96. The first-order chi connectivity index (χ1) is 11.9. The highest BCUT2D eigenvalue weighted by molar-refractivity contribution is 7.89. The highest BCUT2D eigenvalue weighted by atomic mass is 32.2. The van der Waals surface area contributed by atoms with Gasteiger partial charge in [0.25, 0.3) is 0 Å². The Labute approximate surface area is 148 Å². The van der Waals surface area contributed by atoms with E-state index >= 15 is 0 Å². The van der Waals surface area contributed by atoms with Crippen molar-refractivity contribution < 1.29 is 17.6 Å². The maximum Gasteiger partial charge on any atom is 0.226 e. The molecule has 2 fully saturated rings. The van der Waals surface area contributed by atoms with E-state index in [0.717, 1.165) is 18.4 Å². The molecule has 2 aliphatic heterocycles. The number of nitrogens with zero attached hydrogens (tertiary/aromatic N) is 2. The van der Waals surface area contributed by atoms with E-state index in [9.17, 15) is 17.6 Å². The van der Waals surface area contributed by atoms with E-state index in [1.807, 2.05) is 11.0 Å². The number of carbonyl (C=O) groups is 1. The molecule has 1 atom stereocenters. The third kappa shape index (κ3) is 3.87. The van der Waals surface area contributed by atoms with Gasteiger partial charge in [0.05, 0.1) is 11.8 Å². The van der Waals surface area contributed by atoms with Gasteiger partial charge in [0.2, 0.25) is 15.9 Å². The Balaban J connectivity index is 1.67. The van der Waals surface area contributed by atoms with E-state index in [4.69, 9.17) is 0 Å². The molecule has 138 valence electrons. The van der Waals surface area contributed by atoms with Crippen LogP contribution in [0.4, 0.5) is 4.39 Å². The molecule has 1 aromatic rings. The van der Waals surface area contributed by atoms with E-state index in [0.29, 0.717) is 32.5 Å². The Hall–Kier alpha value is -1.47. The number of hydrogen-bond donors (Lipinski definition) is 0. The minimum atomic E-state index is -3.18. The first kappa shape index (κ1) is 18.3. The van der Waals surface area contributed by atoms with Crippen LogP contribution in [0, 0.1) is 11.7 Å². The molecular weight excluding hydrogens is 343 g/mol. The fraction of sp³-hybridized carbons (Fsp3) is 0.611. The molecule has 0 aliphatic carbocycles. The fourth-order valence-corrected chi connectivity index (χ4v) is 5.02. The van der Waals surface area contributed by atoms with Gasteiger partial charge < -0.3 is 4.90 Å². The molecule has 0 aromatic heterocycles. The second-order valence-corrected chi connectivity index (χ2v) is 9.08. The van der Waals surface area contributed by atoms with Crippen LogP contribution in [0.3, 0.4) is 0 Å². The summed E-state index contributed by atoms with van der Waals surface area (Å²) < 4.78 is 38.9. The third-order valence-electron chi connectivity index (χ3n) is 5.33.